The molecule has 0 radical (unpaired) electrons. The third-order valence-electron chi connectivity index (χ3n) is 2.94. The normalized spacial score (nSPS) is 12.2. The first kappa shape index (κ1) is 10.2. The van der Waals surface area contributed by atoms with E-state index in [0.717, 1.165) is 6.42 Å². The Hall–Kier alpha value is -1.28. The second-order valence-corrected chi connectivity index (χ2v) is 4.71. The van der Waals surface area contributed by atoms with E-state index in [-0.39, 0.29) is 5.54 Å². The smallest absolute Gasteiger partial charge is 0.0456 e. The molecule has 0 atom stereocenters. The standard InChI is InChI=1S/C13H18N2/c1-13(2,14-3)9-10-4-5-11-6-7-15-12(11)8-10/h4-8,14-15H,9H2,1-3H3. The molecule has 15 heavy (non-hydrogen) atoms. The number of aromatic amines is 1. The molecule has 0 saturated heterocycles. The summed E-state index contributed by atoms with van der Waals surface area (Å²) in [6, 6.07) is 8.71. The molecule has 1 aromatic heterocycles. The van der Waals surface area contributed by atoms with Crippen LogP contribution in [0.5, 0.6) is 0 Å². The van der Waals surface area contributed by atoms with Gasteiger partial charge in [-0.1, -0.05) is 12.1 Å². The van der Waals surface area contributed by atoms with Gasteiger partial charge in [0.05, 0.1) is 0 Å². The van der Waals surface area contributed by atoms with Gasteiger partial charge in [0, 0.05) is 17.3 Å². The summed E-state index contributed by atoms with van der Waals surface area (Å²) in [5.74, 6) is 0. The maximum atomic E-state index is 3.32. The number of fused-ring (bicyclic) bond motifs is 1. The first-order valence-corrected chi connectivity index (χ1v) is 5.36. The van der Waals surface area contributed by atoms with Crippen molar-refractivity contribution in [3.05, 3.63) is 36.0 Å². The van der Waals surface area contributed by atoms with Crippen molar-refractivity contribution in [3.8, 4) is 0 Å². The zero-order chi connectivity index (χ0) is 10.9. The van der Waals surface area contributed by atoms with E-state index in [1.165, 1.54) is 16.5 Å². The van der Waals surface area contributed by atoms with Gasteiger partial charge in [-0.3, -0.25) is 0 Å². The average Bonchev–Trinajstić information content (AvgIpc) is 2.64. The number of likely N-dealkylation sites (N-methyl/N-ethyl adjacent to an activating group) is 1. The van der Waals surface area contributed by atoms with Gasteiger partial charge in [0.1, 0.15) is 0 Å². The van der Waals surface area contributed by atoms with Crippen LogP contribution in [0.15, 0.2) is 30.5 Å². The molecule has 0 bridgehead atoms. The van der Waals surface area contributed by atoms with Crippen LogP contribution in [-0.4, -0.2) is 17.6 Å². The van der Waals surface area contributed by atoms with Crippen molar-refractivity contribution in [1.82, 2.24) is 10.3 Å². The molecule has 1 heterocycles. The minimum atomic E-state index is 0.153. The highest BCUT2D eigenvalue weighted by molar-refractivity contribution is 5.79. The van der Waals surface area contributed by atoms with E-state index in [9.17, 15) is 0 Å². The van der Waals surface area contributed by atoms with Gasteiger partial charge in [0.15, 0.2) is 0 Å². The first-order chi connectivity index (χ1) is 7.11. The molecule has 80 valence electrons. The highest BCUT2D eigenvalue weighted by Crippen LogP contribution is 2.18. The van der Waals surface area contributed by atoms with Gasteiger partial charge in [0.25, 0.3) is 0 Å². The zero-order valence-electron chi connectivity index (χ0n) is 9.59. The van der Waals surface area contributed by atoms with Crippen LogP contribution in [0.25, 0.3) is 10.9 Å². The molecule has 2 aromatic rings. The fourth-order valence-corrected chi connectivity index (χ4v) is 1.80. The van der Waals surface area contributed by atoms with Gasteiger partial charge in [-0.15, -0.1) is 0 Å². The Morgan fingerprint density at radius 2 is 2.07 bits per heavy atom. The first-order valence-electron chi connectivity index (χ1n) is 5.36. The Kier molecular flexibility index (Phi) is 2.53. The molecule has 0 spiro atoms. The number of hydrogen-bond donors (Lipinski definition) is 2. The monoisotopic (exact) mass is 202 g/mol. The van der Waals surface area contributed by atoms with Crippen LogP contribution in [0.3, 0.4) is 0 Å². The summed E-state index contributed by atoms with van der Waals surface area (Å²) in [5, 5.41) is 4.60. The second-order valence-electron chi connectivity index (χ2n) is 4.71. The molecule has 0 amide bonds. The molecule has 0 saturated carbocycles. The quantitative estimate of drug-likeness (QED) is 0.787. The average molecular weight is 202 g/mol. The predicted octanol–water partition coefficient (Wildman–Crippen LogP) is 2.71. The van der Waals surface area contributed by atoms with Gasteiger partial charge in [-0.2, -0.15) is 0 Å². The summed E-state index contributed by atoms with van der Waals surface area (Å²) < 4.78 is 0. The Morgan fingerprint density at radius 1 is 1.27 bits per heavy atom. The Balaban J connectivity index is 2.28. The van der Waals surface area contributed by atoms with Crippen LogP contribution >= 0.6 is 0 Å². The number of hydrogen-bond acceptors (Lipinski definition) is 1. The summed E-state index contributed by atoms with van der Waals surface area (Å²) in [6.45, 7) is 4.43. The fraction of sp³-hybridized carbons (Fsp3) is 0.385. The number of rotatable bonds is 3. The van der Waals surface area contributed by atoms with Crippen LogP contribution in [0.1, 0.15) is 19.4 Å². The lowest BCUT2D eigenvalue weighted by atomic mass is 9.95. The van der Waals surface area contributed by atoms with Gasteiger partial charge in [0.2, 0.25) is 0 Å². The summed E-state index contributed by atoms with van der Waals surface area (Å²) in [4.78, 5) is 3.24. The molecule has 2 nitrogen and oxygen atoms in total. The number of benzene rings is 1. The SMILES string of the molecule is CNC(C)(C)Cc1ccc2cc[nH]c2c1. The maximum Gasteiger partial charge on any atom is 0.0456 e. The van der Waals surface area contributed by atoms with E-state index < -0.39 is 0 Å². The van der Waals surface area contributed by atoms with Gasteiger partial charge >= 0.3 is 0 Å². The minimum absolute atomic E-state index is 0.153. The number of aromatic nitrogens is 1. The van der Waals surface area contributed by atoms with Crippen LogP contribution in [0.4, 0.5) is 0 Å². The fourth-order valence-electron chi connectivity index (χ4n) is 1.80. The van der Waals surface area contributed by atoms with Crippen LogP contribution in [0, 0.1) is 0 Å². The van der Waals surface area contributed by atoms with Crippen molar-refractivity contribution in [1.29, 1.82) is 0 Å². The van der Waals surface area contributed by atoms with E-state index in [2.05, 4.69) is 48.4 Å². The minimum Gasteiger partial charge on any atom is -0.361 e. The van der Waals surface area contributed by atoms with Crippen molar-refractivity contribution in [2.75, 3.05) is 7.05 Å². The highest BCUT2D eigenvalue weighted by atomic mass is 14.9. The number of H-pyrrole nitrogens is 1. The molecule has 2 N–H and O–H groups in total. The topological polar surface area (TPSA) is 27.8 Å². The third-order valence-corrected chi connectivity index (χ3v) is 2.94. The van der Waals surface area contributed by atoms with Crippen molar-refractivity contribution < 1.29 is 0 Å². The second kappa shape index (κ2) is 3.70. The Bertz CT molecular complexity index is 454. The van der Waals surface area contributed by atoms with Gasteiger partial charge < -0.3 is 10.3 Å². The molecular formula is C13H18N2. The molecule has 1 aromatic carbocycles. The molecule has 0 aliphatic rings. The summed E-state index contributed by atoms with van der Waals surface area (Å²) >= 11 is 0. The molecule has 0 aliphatic heterocycles. The zero-order valence-corrected chi connectivity index (χ0v) is 9.59. The molecule has 0 fully saturated rings. The summed E-state index contributed by atoms with van der Waals surface area (Å²) in [7, 11) is 2.01. The van der Waals surface area contributed by atoms with Gasteiger partial charge in [-0.25, -0.2) is 0 Å². The molecular weight excluding hydrogens is 184 g/mol. The van der Waals surface area contributed by atoms with E-state index in [1.54, 1.807) is 0 Å². The van der Waals surface area contributed by atoms with Crippen molar-refractivity contribution in [2.45, 2.75) is 25.8 Å². The maximum absolute atomic E-state index is 3.32. The van der Waals surface area contributed by atoms with Crippen molar-refractivity contribution in [2.24, 2.45) is 0 Å². The van der Waals surface area contributed by atoms with Crippen LogP contribution in [0.2, 0.25) is 0 Å². The lowest BCUT2D eigenvalue weighted by Crippen LogP contribution is -2.38. The molecule has 2 rings (SSSR count). The molecule has 2 heteroatoms. The highest BCUT2D eigenvalue weighted by Gasteiger charge is 2.15. The van der Waals surface area contributed by atoms with Crippen molar-refractivity contribution in [3.63, 3.8) is 0 Å². The predicted molar refractivity (Wildman–Crippen MR) is 65.1 cm³/mol. The van der Waals surface area contributed by atoms with Crippen LogP contribution in [-0.2, 0) is 6.42 Å². The number of nitrogens with one attached hydrogen (secondary N) is 2. The lowest BCUT2D eigenvalue weighted by Gasteiger charge is -2.24. The molecule has 0 unspecified atom stereocenters. The lowest BCUT2D eigenvalue weighted by molar-refractivity contribution is 0.422. The Labute approximate surface area is 90.7 Å². The summed E-state index contributed by atoms with van der Waals surface area (Å²) in [6.07, 6.45) is 3.02. The van der Waals surface area contributed by atoms with E-state index in [4.69, 9.17) is 0 Å². The summed E-state index contributed by atoms with van der Waals surface area (Å²) in [5.41, 5.74) is 2.74. The van der Waals surface area contributed by atoms with Crippen LogP contribution < -0.4 is 5.32 Å². The van der Waals surface area contributed by atoms with E-state index in [0.29, 0.717) is 0 Å². The molecule has 0 aliphatic carbocycles. The van der Waals surface area contributed by atoms with E-state index >= 15 is 0 Å². The Morgan fingerprint density at radius 3 is 2.80 bits per heavy atom. The van der Waals surface area contributed by atoms with Crippen molar-refractivity contribution >= 4 is 10.9 Å². The third kappa shape index (κ3) is 2.21. The van der Waals surface area contributed by atoms with E-state index in [1.807, 2.05) is 13.2 Å². The largest absolute Gasteiger partial charge is 0.361 e. The van der Waals surface area contributed by atoms with Gasteiger partial charge in [-0.05, 0) is 50.4 Å².